The number of hydrogen-bond acceptors (Lipinski definition) is 5. The Morgan fingerprint density at radius 2 is 1.77 bits per heavy atom. The summed E-state index contributed by atoms with van der Waals surface area (Å²) >= 11 is 0. The van der Waals surface area contributed by atoms with Crippen molar-refractivity contribution in [1.82, 2.24) is 0 Å². The Morgan fingerprint density at radius 3 is 2.46 bits per heavy atom. The highest BCUT2D eigenvalue weighted by molar-refractivity contribution is 6.08. The van der Waals surface area contributed by atoms with E-state index in [1.165, 1.54) is 11.8 Å². The summed E-state index contributed by atoms with van der Waals surface area (Å²) in [7, 11) is 1.56. The molecule has 1 amide bonds. The summed E-state index contributed by atoms with van der Waals surface area (Å²) in [4.78, 5) is 25.9. The van der Waals surface area contributed by atoms with Crippen LogP contribution in [0.25, 0.3) is 0 Å². The van der Waals surface area contributed by atoms with E-state index in [2.05, 4.69) is 0 Å². The molecule has 1 N–H and O–H groups in total. The van der Waals surface area contributed by atoms with Gasteiger partial charge in [0.05, 0.1) is 19.3 Å². The Kier molecular flexibility index (Phi) is 4.95. The van der Waals surface area contributed by atoms with Gasteiger partial charge in [-0.25, -0.2) is 0 Å². The summed E-state index contributed by atoms with van der Waals surface area (Å²) in [6, 6.07) is 14.2. The van der Waals surface area contributed by atoms with Crippen molar-refractivity contribution in [2.45, 2.75) is 18.9 Å². The van der Waals surface area contributed by atoms with Crippen LogP contribution in [0.4, 0.5) is 5.69 Å². The van der Waals surface area contributed by atoms with E-state index in [4.69, 9.17) is 9.47 Å². The molecular weight excluding hydrogens is 334 g/mol. The Labute approximate surface area is 152 Å². The molecule has 3 rings (SSSR count). The summed E-state index contributed by atoms with van der Waals surface area (Å²) in [5, 5.41) is 10.9. The topological polar surface area (TPSA) is 76.1 Å². The van der Waals surface area contributed by atoms with Gasteiger partial charge < -0.3 is 19.5 Å². The lowest BCUT2D eigenvalue weighted by molar-refractivity contribution is -0.141. The summed E-state index contributed by atoms with van der Waals surface area (Å²) < 4.78 is 11.0. The van der Waals surface area contributed by atoms with Gasteiger partial charge in [0.25, 0.3) is 5.91 Å². The molecule has 0 fully saturated rings. The Balaban J connectivity index is 1.78. The predicted octanol–water partition coefficient (Wildman–Crippen LogP) is 2.29. The van der Waals surface area contributed by atoms with Crippen LogP contribution < -0.4 is 14.4 Å². The first-order chi connectivity index (χ1) is 12.5. The van der Waals surface area contributed by atoms with Crippen LogP contribution in [0.3, 0.4) is 0 Å². The molecule has 1 aliphatic heterocycles. The number of carbonyl (C=O) groups is 2. The van der Waals surface area contributed by atoms with Crippen LogP contribution in [0.15, 0.2) is 48.5 Å². The number of nitrogens with zero attached hydrogens (tertiary/aromatic N) is 1. The molecule has 26 heavy (non-hydrogen) atoms. The number of rotatable bonds is 7. The number of hydrogen-bond donors (Lipinski definition) is 1. The molecule has 136 valence electrons. The smallest absolute Gasteiger partial charge is 0.264 e. The molecule has 1 atom stereocenters. The number of carbonyl (C=O) groups excluding carboxylic acids is 2. The van der Waals surface area contributed by atoms with Gasteiger partial charge in [0.2, 0.25) is 0 Å². The van der Waals surface area contributed by atoms with E-state index in [-0.39, 0.29) is 25.4 Å². The van der Waals surface area contributed by atoms with Crippen LogP contribution in [0.1, 0.15) is 18.9 Å². The highest BCUT2D eigenvalue weighted by Gasteiger charge is 2.50. The molecule has 0 saturated heterocycles. The molecule has 6 nitrogen and oxygen atoms in total. The zero-order chi connectivity index (χ0) is 18.7. The first-order valence-corrected chi connectivity index (χ1v) is 8.36. The van der Waals surface area contributed by atoms with Gasteiger partial charge in [0, 0.05) is 12.0 Å². The number of aliphatic hydroxyl groups is 1. The summed E-state index contributed by atoms with van der Waals surface area (Å²) in [6.07, 6.45) is -0.243. The van der Waals surface area contributed by atoms with Gasteiger partial charge >= 0.3 is 0 Å². The van der Waals surface area contributed by atoms with Gasteiger partial charge in [-0.05, 0) is 25.1 Å². The number of benzene rings is 2. The normalized spacial score (nSPS) is 18.6. The van der Waals surface area contributed by atoms with Crippen molar-refractivity contribution in [2.75, 3.05) is 25.2 Å². The van der Waals surface area contributed by atoms with Crippen LogP contribution in [0, 0.1) is 0 Å². The van der Waals surface area contributed by atoms with Gasteiger partial charge in [0.15, 0.2) is 17.1 Å². The number of anilines is 1. The van der Waals surface area contributed by atoms with Crippen molar-refractivity contribution in [3.8, 4) is 11.5 Å². The van der Waals surface area contributed by atoms with Crippen LogP contribution in [0.2, 0.25) is 0 Å². The van der Waals surface area contributed by atoms with Crippen molar-refractivity contribution in [1.29, 1.82) is 0 Å². The zero-order valence-corrected chi connectivity index (χ0v) is 14.8. The van der Waals surface area contributed by atoms with Crippen LogP contribution in [-0.4, -0.2) is 37.1 Å². The fourth-order valence-corrected chi connectivity index (χ4v) is 3.24. The molecule has 2 aromatic carbocycles. The van der Waals surface area contributed by atoms with Gasteiger partial charge in [0.1, 0.15) is 12.4 Å². The number of para-hydroxylation sites is 3. The number of methoxy groups -OCH3 is 1. The minimum absolute atomic E-state index is 0.219. The third-order valence-electron chi connectivity index (χ3n) is 4.39. The molecule has 1 heterocycles. The van der Waals surface area contributed by atoms with Crippen LogP contribution >= 0.6 is 0 Å². The fraction of sp³-hybridized carbons (Fsp3) is 0.300. The van der Waals surface area contributed by atoms with E-state index in [0.717, 1.165) is 0 Å². The lowest BCUT2D eigenvalue weighted by atomic mass is 9.90. The number of amides is 1. The van der Waals surface area contributed by atoms with Gasteiger partial charge in [-0.1, -0.05) is 30.3 Å². The quantitative estimate of drug-likeness (QED) is 0.825. The number of ketones is 1. The lowest BCUT2D eigenvalue weighted by Gasteiger charge is -2.22. The molecule has 0 radical (unpaired) electrons. The van der Waals surface area contributed by atoms with Crippen molar-refractivity contribution < 1.29 is 24.2 Å². The fourth-order valence-electron chi connectivity index (χ4n) is 3.24. The van der Waals surface area contributed by atoms with E-state index in [1.807, 2.05) is 12.1 Å². The second kappa shape index (κ2) is 7.17. The number of Topliss-reactive ketones (excluding diaryl/α,β-unsaturated/α-hetero) is 1. The second-order valence-electron chi connectivity index (χ2n) is 6.21. The Hall–Kier alpha value is -2.86. The summed E-state index contributed by atoms with van der Waals surface area (Å²) in [6.45, 7) is 1.83. The van der Waals surface area contributed by atoms with E-state index in [9.17, 15) is 14.7 Å². The largest absolute Gasteiger partial charge is 0.493 e. The Morgan fingerprint density at radius 1 is 1.12 bits per heavy atom. The minimum atomic E-state index is -1.81. The first kappa shape index (κ1) is 17.9. The highest BCUT2D eigenvalue weighted by Crippen LogP contribution is 2.42. The summed E-state index contributed by atoms with van der Waals surface area (Å²) in [5.74, 6) is 0.433. The van der Waals surface area contributed by atoms with Gasteiger partial charge in [-0.15, -0.1) is 0 Å². The zero-order valence-electron chi connectivity index (χ0n) is 14.8. The molecule has 2 aromatic rings. The summed E-state index contributed by atoms with van der Waals surface area (Å²) in [5.41, 5.74) is -0.755. The maximum Gasteiger partial charge on any atom is 0.264 e. The SMILES string of the molecule is COc1ccccc1OCCN1C(=O)C(O)(CC(C)=O)c2ccccc21. The lowest BCUT2D eigenvalue weighted by Crippen LogP contribution is -2.43. The number of fused-ring (bicyclic) bond motifs is 1. The van der Waals surface area contributed by atoms with Gasteiger partial charge in [-0.2, -0.15) is 0 Å². The molecule has 0 bridgehead atoms. The number of ether oxygens (including phenoxy) is 2. The molecule has 0 saturated carbocycles. The standard InChI is InChI=1S/C20H21NO5/c1-14(22)13-20(24)15-7-3-4-8-16(15)21(19(20)23)11-12-26-18-10-6-5-9-17(18)25-2/h3-10,24H,11-13H2,1-2H3. The third kappa shape index (κ3) is 3.15. The van der Waals surface area contributed by atoms with Crippen molar-refractivity contribution in [3.05, 3.63) is 54.1 Å². The van der Waals surface area contributed by atoms with Gasteiger partial charge in [-0.3, -0.25) is 9.59 Å². The molecular formula is C20H21NO5. The minimum Gasteiger partial charge on any atom is -0.493 e. The average Bonchev–Trinajstić information content (AvgIpc) is 2.83. The molecule has 6 heteroatoms. The highest BCUT2D eigenvalue weighted by atomic mass is 16.5. The third-order valence-corrected chi connectivity index (χ3v) is 4.39. The Bertz CT molecular complexity index is 834. The maximum absolute atomic E-state index is 12.8. The monoisotopic (exact) mass is 355 g/mol. The van der Waals surface area contributed by atoms with E-state index < -0.39 is 11.5 Å². The van der Waals surface area contributed by atoms with Crippen molar-refractivity contribution in [2.24, 2.45) is 0 Å². The molecule has 1 aliphatic rings. The predicted molar refractivity (Wildman–Crippen MR) is 96.5 cm³/mol. The molecule has 0 aromatic heterocycles. The van der Waals surface area contributed by atoms with Crippen molar-refractivity contribution >= 4 is 17.4 Å². The maximum atomic E-state index is 12.8. The van der Waals surface area contributed by atoms with Crippen molar-refractivity contribution in [3.63, 3.8) is 0 Å². The first-order valence-electron chi connectivity index (χ1n) is 8.36. The second-order valence-corrected chi connectivity index (χ2v) is 6.21. The van der Waals surface area contributed by atoms with E-state index >= 15 is 0 Å². The average molecular weight is 355 g/mol. The molecule has 0 spiro atoms. The van der Waals surface area contributed by atoms with Crippen LogP contribution in [-0.2, 0) is 15.2 Å². The molecule has 1 unspecified atom stereocenters. The van der Waals surface area contributed by atoms with E-state index in [0.29, 0.717) is 22.7 Å². The van der Waals surface area contributed by atoms with E-state index in [1.54, 1.807) is 43.5 Å². The molecule has 0 aliphatic carbocycles. The van der Waals surface area contributed by atoms with Crippen LogP contribution in [0.5, 0.6) is 11.5 Å².